The van der Waals surface area contributed by atoms with Gasteiger partial charge in [-0.3, -0.25) is 4.79 Å². The van der Waals surface area contributed by atoms with Gasteiger partial charge in [0, 0.05) is 12.1 Å². The molecule has 0 saturated heterocycles. The molecule has 0 atom stereocenters. The van der Waals surface area contributed by atoms with Crippen LogP contribution in [0, 0.1) is 11.6 Å². The van der Waals surface area contributed by atoms with E-state index in [9.17, 15) is 18.7 Å². The number of aromatic hydroxyl groups is 1. The number of hydrazone groups is 1. The fraction of sp³-hybridized carbons (Fsp3) is 0.125. The first kappa shape index (κ1) is 17.2. The number of phenolic OH excluding ortho intramolecular Hbond substituents is 1. The van der Waals surface area contributed by atoms with E-state index in [-0.39, 0.29) is 17.1 Å². The molecular weight excluding hydrogens is 322 g/mol. The van der Waals surface area contributed by atoms with E-state index in [1.54, 1.807) is 0 Å². The Labute approximate surface area is 136 Å². The number of benzene rings is 2. The molecule has 0 fully saturated rings. The Morgan fingerprint density at radius 1 is 1.21 bits per heavy atom. The Morgan fingerprint density at radius 2 is 1.88 bits per heavy atom. The van der Waals surface area contributed by atoms with Crippen molar-refractivity contribution >= 4 is 12.1 Å². The summed E-state index contributed by atoms with van der Waals surface area (Å²) in [6.45, 7) is 0. The number of phenols is 1. The molecule has 2 aromatic rings. The molecule has 0 bridgehead atoms. The Kier molecular flexibility index (Phi) is 5.31. The first-order chi connectivity index (χ1) is 11.5. The van der Waals surface area contributed by atoms with Crippen molar-refractivity contribution in [3.05, 3.63) is 53.1 Å². The number of carbonyl (C=O) groups is 1. The molecule has 0 aliphatic carbocycles. The lowest BCUT2D eigenvalue weighted by Gasteiger charge is -2.09. The Hall–Kier alpha value is -3.16. The van der Waals surface area contributed by atoms with Crippen LogP contribution < -0.4 is 14.9 Å². The summed E-state index contributed by atoms with van der Waals surface area (Å²) in [6, 6.07) is 5.88. The largest absolute Gasteiger partial charge is 0.507 e. The van der Waals surface area contributed by atoms with Crippen molar-refractivity contribution < 1.29 is 28.2 Å². The third kappa shape index (κ3) is 3.60. The average molecular weight is 336 g/mol. The van der Waals surface area contributed by atoms with E-state index in [4.69, 9.17) is 9.47 Å². The highest BCUT2D eigenvalue weighted by molar-refractivity contribution is 5.96. The predicted octanol–water partition coefficient (Wildman–Crippen LogP) is 2.45. The summed E-state index contributed by atoms with van der Waals surface area (Å²) in [5, 5.41) is 13.5. The van der Waals surface area contributed by atoms with Crippen LogP contribution in [0.5, 0.6) is 17.2 Å². The highest BCUT2D eigenvalue weighted by Crippen LogP contribution is 2.31. The normalized spacial score (nSPS) is 10.7. The summed E-state index contributed by atoms with van der Waals surface area (Å²) in [7, 11) is 2.80. The number of hydrogen-bond donors (Lipinski definition) is 2. The fourth-order valence-electron chi connectivity index (χ4n) is 1.93. The fourth-order valence-corrected chi connectivity index (χ4v) is 1.93. The van der Waals surface area contributed by atoms with E-state index in [0.717, 1.165) is 24.4 Å². The molecule has 2 rings (SSSR count). The molecule has 0 radical (unpaired) electrons. The highest BCUT2D eigenvalue weighted by Gasteiger charge is 2.16. The number of nitrogens with zero attached hydrogens (tertiary/aromatic N) is 1. The van der Waals surface area contributed by atoms with Crippen LogP contribution in [-0.2, 0) is 0 Å². The molecule has 2 N–H and O–H groups in total. The van der Waals surface area contributed by atoms with Crippen LogP contribution in [0.3, 0.4) is 0 Å². The van der Waals surface area contributed by atoms with Crippen molar-refractivity contribution in [2.75, 3.05) is 14.2 Å². The lowest BCUT2D eigenvalue weighted by molar-refractivity contribution is 0.0946. The first-order valence-electron chi connectivity index (χ1n) is 6.70. The smallest absolute Gasteiger partial charge is 0.277 e. The zero-order valence-electron chi connectivity index (χ0n) is 12.8. The second-order valence-electron chi connectivity index (χ2n) is 4.56. The van der Waals surface area contributed by atoms with Gasteiger partial charge in [0.15, 0.2) is 0 Å². The van der Waals surface area contributed by atoms with Gasteiger partial charge in [0.05, 0.1) is 26.0 Å². The molecule has 0 unspecified atom stereocenters. The quantitative estimate of drug-likeness (QED) is 0.649. The van der Waals surface area contributed by atoms with E-state index in [1.165, 1.54) is 26.4 Å². The van der Waals surface area contributed by atoms with Crippen LogP contribution in [0.15, 0.2) is 35.4 Å². The number of halogens is 2. The van der Waals surface area contributed by atoms with Crippen LogP contribution in [0.25, 0.3) is 0 Å². The average Bonchev–Trinajstić information content (AvgIpc) is 2.55. The van der Waals surface area contributed by atoms with E-state index in [0.29, 0.717) is 5.75 Å². The molecule has 0 heterocycles. The third-order valence-corrected chi connectivity index (χ3v) is 3.10. The first-order valence-corrected chi connectivity index (χ1v) is 6.70. The standard InChI is InChI=1S/C16H14F2N2O4/c1-23-9-6-13(21)10(14(7-9)24-2)8-19-20-16(22)15-11(17)4-3-5-12(15)18/h3-8,21H,1-2H3,(H,20,22). The molecule has 24 heavy (non-hydrogen) atoms. The number of carbonyl (C=O) groups excluding carboxylic acids is 1. The van der Waals surface area contributed by atoms with Gasteiger partial charge in [0.25, 0.3) is 5.91 Å². The number of rotatable bonds is 5. The SMILES string of the molecule is COc1cc(O)c(C=NNC(=O)c2c(F)cccc2F)c(OC)c1. The molecule has 2 aromatic carbocycles. The minimum atomic E-state index is -1.06. The van der Waals surface area contributed by atoms with Gasteiger partial charge in [0.2, 0.25) is 0 Å². The Balaban J connectivity index is 2.22. The maximum atomic E-state index is 13.5. The van der Waals surface area contributed by atoms with E-state index < -0.39 is 23.1 Å². The Morgan fingerprint density at radius 3 is 2.46 bits per heavy atom. The second kappa shape index (κ2) is 7.40. The zero-order valence-corrected chi connectivity index (χ0v) is 12.8. The summed E-state index contributed by atoms with van der Waals surface area (Å²) in [4.78, 5) is 11.8. The minimum absolute atomic E-state index is 0.160. The maximum absolute atomic E-state index is 13.5. The monoisotopic (exact) mass is 336 g/mol. The molecule has 0 aliphatic heterocycles. The summed E-state index contributed by atoms with van der Waals surface area (Å²) in [5.41, 5.74) is 1.40. The number of nitrogens with one attached hydrogen (secondary N) is 1. The van der Waals surface area contributed by atoms with Crippen molar-refractivity contribution in [3.8, 4) is 17.2 Å². The maximum Gasteiger partial charge on any atom is 0.277 e. The van der Waals surface area contributed by atoms with Gasteiger partial charge in [-0.1, -0.05) is 6.07 Å². The van der Waals surface area contributed by atoms with Gasteiger partial charge in [-0.2, -0.15) is 5.10 Å². The molecule has 0 aliphatic rings. The molecule has 0 spiro atoms. The van der Waals surface area contributed by atoms with E-state index in [1.807, 2.05) is 5.43 Å². The van der Waals surface area contributed by atoms with Crippen LogP contribution in [-0.4, -0.2) is 31.4 Å². The molecular formula is C16H14F2N2O4. The zero-order chi connectivity index (χ0) is 17.7. The summed E-state index contributed by atoms with van der Waals surface area (Å²) in [5.74, 6) is -2.68. The Bertz CT molecular complexity index is 774. The van der Waals surface area contributed by atoms with Crippen LogP contribution in [0.1, 0.15) is 15.9 Å². The third-order valence-electron chi connectivity index (χ3n) is 3.10. The van der Waals surface area contributed by atoms with Crippen molar-refractivity contribution in [2.45, 2.75) is 0 Å². The topological polar surface area (TPSA) is 80.2 Å². The van der Waals surface area contributed by atoms with Crippen LogP contribution in [0.4, 0.5) is 8.78 Å². The predicted molar refractivity (Wildman–Crippen MR) is 82.6 cm³/mol. The number of hydrogen-bond acceptors (Lipinski definition) is 5. The number of amides is 1. The highest BCUT2D eigenvalue weighted by atomic mass is 19.1. The van der Waals surface area contributed by atoms with Crippen molar-refractivity contribution in [1.29, 1.82) is 0 Å². The number of methoxy groups -OCH3 is 2. The second-order valence-corrected chi connectivity index (χ2v) is 4.56. The van der Waals surface area contributed by atoms with Gasteiger partial charge >= 0.3 is 0 Å². The summed E-state index contributed by atoms with van der Waals surface area (Å²) >= 11 is 0. The molecule has 1 amide bonds. The van der Waals surface area contributed by atoms with E-state index >= 15 is 0 Å². The lowest BCUT2D eigenvalue weighted by atomic mass is 10.2. The van der Waals surface area contributed by atoms with Gasteiger partial charge in [-0.05, 0) is 12.1 Å². The summed E-state index contributed by atoms with van der Waals surface area (Å²) in [6.07, 6.45) is 1.09. The van der Waals surface area contributed by atoms with Gasteiger partial charge < -0.3 is 14.6 Å². The van der Waals surface area contributed by atoms with E-state index in [2.05, 4.69) is 5.10 Å². The molecule has 8 heteroatoms. The van der Waals surface area contributed by atoms with Crippen LogP contribution >= 0.6 is 0 Å². The van der Waals surface area contributed by atoms with Gasteiger partial charge in [0.1, 0.15) is 34.4 Å². The van der Waals surface area contributed by atoms with Crippen molar-refractivity contribution in [2.24, 2.45) is 5.10 Å². The van der Waals surface area contributed by atoms with Crippen LogP contribution in [0.2, 0.25) is 0 Å². The molecule has 6 nitrogen and oxygen atoms in total. The number of ether oxygens (including phenoxy) is 2. The van der Waals surface area contributed by atoms with Gasteiger partial charge in [-0.25, -0.2) is 14.2 Å². The lowest BCUT2D eigenvalue weighted by Crippen LogP contribution is -2.20. The van der Waals surface area contributed by atoms with Crippen molar-refractivity contribution in [1.82, 2.24) is 5.43 Å². The minimum Gasteiger partial charge on any atom is -0.507 e. The van der Waals surface area contributed by atoms with Gasteiger partial charge in [-0.15, -0.1) is 0 Å². The molecule has 126 valence electrons. The summed E-state index contributed by atoms with van der Waals surface area (Å²) < 4.78 is 37.0. The van der Waals surface area contributed by atoms with Crippen molar-refractivity contribution in [3.63, 3.8) is 0 Å². The molecule has 0 aromatic heterocycles. The molecule has 0 saturated carbocycles.